The molecule has 0 atom stereocenters. The number of nitrogens with one attached hydrogen (secondary N) is 2. The number of hydrogen-bond donors (Lipinski definition) is 2. The second-order valence-corrected chi connectivity index (χ2v) is 11.9. The SMILES string of the molecule is C=C(C)Cc1[nH]nc(C(F)(F)F)c1-c1cnc(C(=O)Nc2ccc(C(=O)N3CCN(C(=O)OC(C)(C)C)CC3)c(Cl)c2)n1C. The van der Waals surface area contributed by atoms with Gasteiger partial charge >= 0.3 is 12.3 Å². The third-order valence-corrected chi connectivity index (χ3v) is 7.02. The Hall–Kier alpha value is -4.33. The van der Waals surface area contributed by atoms with Gasteiger partial charge in [-0.05, 0) is 45.9 Å². The fourth-order valence-corrected chi connectivity index (χ4v) is 4.95. The normalized spacial score (nSPS) is 14.0. The molecular weight excluding hydrogens is 603 g/mol. The molecule has 0 unspecified atom stereocenters. The number of ether oxygens (including phenoxy) is 1. The molecule has 3 amide bonds. The van der Waals surface area contributed by atoms with Gasteiger partial charge in [0, 0.05) is 51.0 Å². The van der Waals surface area contributed by atoms with Gasteiger partial charge in [-0.15, -0.1) is 0 Å². The summed E-state index contributed by atoms with van der Waals surface area (Å²) in [6.07, 6.45) is -3.89. The summed E-state index contributed by atoms with van der Waals surface area (Å²) in [5.41, 5.74) is -0.661. The number of hydrogen-bond acceptors (Lipinski definition) is 6. The third-order valence-electron chi connectivity index (χ3n) is 6.71. The van der Waals surface area contributed by atoms with Gasteiger partial charge in [0.1, 0.15) is 5.60 Å². The average molecular weight is 636 g/mol. The van der Waals surface area contributed by atoms with Crippen molar-refractivity contribution in [3.8, 4) is 11.3 Å². The summed E-state index contributed by atoms with van der Waals surface area (Å²) in [7, 11) is 1.42. The van der Waals surface area contributed by atoms with Crippen molar-refractivity contribution in [3.63, 3.8) is 0 Å². The molecule has 15 heteroatoms. The molecule has 1 saturated heterocycles. The monoisotopic (exact) mass is 635 g/mol. The van der Waals surface area contributed by atoms with Gasteiger partial charge < -0.3 is 24.4 Å². The Bertz CT molecular complexity index is 1600. The molecular formula is C29H33ClF3N7O4. The number of anilines is 1. The highest BCUT2D eigenvalue weighted by atomic mass is 35.5. The minimum atomic E-state index is -4.74. The zero-order valence-corrected chi connectivity index (χ0v) is 25.7. The number of aromatic nitrogens is 4. The zero-order chi connectivity index (χ0) is 32.6. The number of H-pyrrole nitrogens is 1. The van der Waals surface area contributed by atoms with E-state index in [1.165, 1.54) is 40.9 Å². The number of allylic oxidation sites excluding steroid dienone is 1. The Labute approximate surface area is 257 Å². The van der Waals surface area contributed by atoms with Gasteiger partial charge in [0.25, 0.3) is 11.8 Å². The highest BCUT2D eigenvalue weighted by molar-refractivity contribution is 6.34. The van der Waals surface area contributed by atoms with Gasteiger partial charge in [0.15, 0.2) is 11.5 Å². The summed E-state index contributed by atoms with van der Waals surface area (Å²) in [6.45, 7) is 12.0. The summed E-state index contributed by atoms with van der Waals surface area (Å²) >= 11 is 6.42. The minimum absolute atomic E-state index is 0.0400. The molecule has 3 heterocycles. The fourth-order valence-electron chi connectivity index (χ4n) is 4.68. The number of carbonyl (C=O) groups is 3. The van der Waals surface area contributed by atoms with Crippen LogP contribution < -0.4 is 5.32 Å². The first kappa shape index (κ1) is 32.6. The average Bonchev–Trinajstić information content (AvgIpc) is 3.50. The summed E-state index contributed by atoms with van der Waals surface area (Å²) < 4.78 is 47.9. The first-order chi connectivity index (χ1) is 20.5. The second-order valence-electron chi connectivity index (χ2n) is 11.5. The van der Waals surface area contributed by atoms with Crippen molar-refractivity contribution in [1.82, 2.24) is 29.5 Å². The quantitative estimate of drug-likeness (QED) is 0.342. The van der Waals surface area contributed by atoms with Crippen molar-refractivity contribution in [2.75, 3.05) is 31.5 Å². The molecule has 0 radical (unpaired) electrons. The van der Waals surface area contributed by atoms with Gasteiger partial charge in [-0.3, -0.25) is 14.7 Å². The zero-order valence-electron chi connectivity index (χ0n) is 24.9. The molecule has 1 aliphatic rings. The highest BCUT2D eigenvalue weighted by Gasteiger charge is 2.39. The lowest BCUT2D eigenvalue weighted by molar-refractivity contribution is -0.140. The Balaban J connectivity index is 1.47. The van der Waals surface area contributed by atoms with Crippen LogP contribution in [0.2, 0.25) is 5.02 Å². The number of piperazine rings is 1. The molecule has 3 aromatic rings. The van der Waals surface area contributed by atoms with E-state index in [9.17, 15) is 27.6 Å². The van der Waals surface area contributed by atoms with Crippen LogP contribution >= 0.6 is 11.6 Å². The molecule has 0 saturated carbocycles. The Morgan fingerprint density at radius 3 is 2.32 bits per heavy atom. The maximum atomic E-state index is 13.7. The molecule has 0 aliphatic carbocycles. The maximum Gasteiger partial charge on any atom is 0.435 e. The number of nitrogens with zero attached hydrogens (tertiary/aromatic N) is 5. The van der Waals surface area contributed by atoms with Crippen LogP contribution in [0.1, 0.15) is 60.1 Å². The molecule has 0 bridgehead atoms. The molecule has 1 fully saturated rings. The van der Waals surface area contributed by atoms with E-state index >= 15 is 0 Å². The maximum absolute atomic E-state index is 13.7. The van der Waals surface area contributed by atoms with Crippen LogP contribution in [0.4, 0.5) is 23.7 Å². The summed E-state index contributed by atoms with van der Waals surface area (Å²) in [4.78, 5) is 45.7. The van der Waals surface area contributed by atoms with Crippen molar-refractivity contribution in [3.05, 3.63) is 64.3 Å². The number of aromatic amines is 1. The molecule has 4 rings (SSSR count). The third kappa shape index (κ3) is 7.24. The Morgan fingerprint density at radius 2 is 1.75 bits per heavy atom. The van der Waals surface area contributed by atoms with Crippen molar-refractivity contribution >= 4 is 35.2 Å². The number of amides is 3. The van der Waals surface area contributed by atoms with E-state index in [2.05, 4.69) is 27.1 Å². The number of alkyl halides is 3. The molecule has 2 aromatic heterocycles. The van der Waals surface area contributed by atoms with Crippen molar-refractivity contribution in [1.29, 1.82) is 0 Å². The summed E-state index contributed by atoms with van der Waals surface area (Å²) in [5.74, 6) is -1.20. The van der Waals surface area contributed by atoms with Gasteiger partial charge in [-0.1, -0.05) is 23.8 Å². The topological polar surface area (TPSA) is 125 Å². The van der Waals surface area contributed by atoms with Crippen LogP contribution in [0.5, 0.6) is 0 Å². The predicted octanol–water partition coefficient (Wildman–Crippen LogP) is 5.55. The lowest BCUT2D eigenvalue weighted by atomic mass is 10.0. The van der Waals surface area contributed by atoms with Gasteiger partial charge in [-0.25, -0.2) is 9.78 Å². The van der Waals surface area contributed by atoms with Crippen LogP contribution in [-0.2, 0) is 24.4 Å². The molecule has 11 nitrogen and oxygen atoms in total. The molecule has 236 valence electrons. The predicted molar refractivity (Wildman–Crippen MR) is 157 cm³/mol. The molecule has 2 N–H and O–H groups in total. The van der Waals surface area contributed by atoms with E-state index in [1.807, 2.05) is 0 Å². The van der Waals surface area contributed by atoms with E-state index in [1.54, 1.807) is 32.6 Å². The standard InChI is InChI=1S/C29H33ClF3N7O4/c1-16(2)13-20-22(23(37-36-20)29(31,32)33)21-15-34-24(38(21)6)25(41)35-17-7-8-18(19(30)14-17)26(42)39-9-11-40(12-10-39)27(43)44-28(3,4)5/h7-8,14-15H,1,9-13H2,2-6H3,(H,35,41)(H,36,37). The molecule has 1 aromatic carbocycles. The van der Waals surface area contributed by atoms with Crippen LogP contribution in [0.25, 0.3) is 11.3 Å². The largest absolute Gasteiger partial charge is 0.444 e. The second kappa shape index (κ2) is 12.3. The van der Waals surface area contributed by atoms with Gasteiger partial charge in [-0.2, -0.15) is 18.3 Å². The van der Waals surface area contributed by atoms with E-state index in [-0.39, 0.29) is 64.5 Å². The Kier molecular flexibility index (Phi) is 9.14. The first-order valence-corrected chi connectivity index (χ1v) is 14.0. The highest BCUT2D eigenvalue weighted by Crippen LogP contribution is 2.38. The fraction of sp³-hybridized carbons (Fsp3) is 0.414. The lowest BCUT2D eigenvalue weighted by Crippen LogP contribution is -2.51. The van der Waals surface area contributed by atoms with E-state index in [0.29, 0.717) is 18.7 Å². The number of rotatable bonds is 6. The lowest BCUT2D eigenvalue weighted by Gasteiger charge is -2.35. The van der Waals surface area contributed by atoms with Crippen LogP contribution in [0.15, 0.2) is 36.5 Å². The van der Waals surface area contributed by atoms with Crippen LogP contribution in [0, 0.1) is 0 Å². The molecule has 44 heavy (non-hydrogen) atoms. The smallest absolute Gasteiger partial charge is 0.435 e. The van der Waals surface area contributed by atoms with Crippen LogP contribution in [0.3, 0.4) is 0 Å². The van der Waals surface area contributed by atoms with Crippen molar-refractivity contribution < 1.29 is 32.3 Å². The first-order valence-electron chi connectivity index (χ1n) is 13.6. The van der Waals surface area contributed by atoms with E-state index in [0.717, 1.165) is 0 Å². The van der Waals surface area contributed by atoms with Crippen molar-refractivity contribution in [2.45, 2.75) is 45.9 Å². The number of benzene rings is 1. The number of halogens is 4. The summed E-state index contributed by atoms with van der Waals surface area (Å²) in [5, 5.41) is 8.61. The van der Waals surface area contributed by atoms with Crippen molar-refractivity contribution in [2.24, 2.45) is 7.05 Å². The number of carbonyl (C=O) groups excluding carboxylic acids is 3. The Morgan fingerprint density at radius 1 is 1.11 bits per heavy atom. The van der Waals surface area contributed by atoms with Gasteiger partial charge in [0.05, 0.1) is 28.0 Å². The van der Waals surface area contributed by atoms with Gasteiger partial charge in [0.2, 0.25) is 0 Å². The minimum Gasteiger partial charge on any atom is -0.444 e. The van der Waals surface area contributed by atoms with Crippen LogP contribution in [-0.4, -0.2) is 79.2 Å². The van der Waals surface area contributed by atoms with E-state index < -0.39 is 29.5 Å². The van der Waals surface area contributed by atoms with E-state index in [4.69, 9.17) is 16.3 Å². The number of imidazole rings is 1. The molecule has 0 spiro atoms. The molecule has 1 aliphatic heterocycles. The summed E-state index contributed by atoms with van der Waals surface area (Å²) in [6, 6.07) is 4.35.